The smallest absolute Gasteiger partial charge is 0.352 e. The molecule has 1 saturated carbocycles. The molecule has 5 heteroatoms. The predicted molar refractivity (Wildman–Crippen MR) is 62.5 cm³/mol. The van der Waals surface area contributed by atoms with Crippen molar-refractivity contribution in [2.75, 3.05) is 6.61 Å². The molecule has 4 nitrogen and oxygen atoms in total. The summed E-state index contributed by atoms with van der Waals surface area (Å²) in [4.78, 5) is 11.2. The Morgan fingerprint density at radius 3 is 2.88 bits per heavy atom. The van der Waals surface area contributed by atoms with Gasteiger partial charge < -0.3 is 14.4 Å². The van der Waals surface area contributed by atoms with Crippen LogP contribution in [0.25, 0.3) is 0 Å². The molecule has 2 heterocycles. The lowest BCUT2D eigenvalue weighted by Crippen LogP contribution is -2.24. The van der Waals surface area contributed by atoms with E-state index in [1.807, 2.05) is 0 Å². The van der Waals surface area contributed by atoms with Crippen LogP contribution in [0.3, 0.4) is 0 Å². The molecule has 3 rings (SSSR count). The van der Waals surface area contributed by atoms with Crippen molar-refractivity contribution in [1.82, 2.24) is 4.57 Å². The second-order valence-electron chi connectivity index (χ2n) is 4.78. The Balaban J connectivity index is 1.94. The number of carboxylic acids is 1. The molecule has 2 atom stereocenters. The van der Waals surface area contributed by atoms with E-state index in [1.165, 1.54) is 18.9 Å². The summed E-state index contributed by atoms with van der Waals surface area (Å²) < 4.78 is 7.51. The Kier molecular flexibility index (Phi) is 2.64. The third-order valence-electron chi connectivity index (χ3n) is 3.58. The summed E-state index contributed by atoms with van der Waals surface area (Å²) in [5.74, 6) is -0.330. The first kappa shape index (κ1) is 11.1. The molecule has 1 aliphatic heterocycles. The van der Waals surface area contributed by atoms with E-state index >= 15 is 0 Å². The van der Waals surface area contributed by atoms with E-state index in [0.717, 1.165) is 6.42 Å². The maximum absolute atomic E-state index is 11.2. The summed E-state index contributed by atoms with van der Waals surface area (Å²) >= 11 is 5.91. The van der Waals surface area contributed by atoms with Crippen LogP contribution in [0.15, 0.2) is 12.3 Å². The van der Waals surface area contributed by atoms with Crippen molar-refractivity contribution in [3.8, 4) is 0 Å². The van der Waals surface area contributed by atoms with Crippen molar-refractivity contribution < 1.29 is 14.6 Å². The summed E-state index contributed by atoms with van der Waals surface area (Å²) in [6.07, 6.45) is 5.13. The first-order valence-corrected chi connectivity index (χ1v) is 6.27. The maximum Gasteiger partial charge on any atom is 0.352 e. The zero-order valence-electron chi connectivity index (χ0n) is 9.30. The van der Waals surface area contributed by atoms with Crippen LogP contribution in [-0.4, -0.2) is 28.4 Å². The molecule has 0 radical (unpaired) electrons. The van der Waals surface area contributed by atoms with Crippen LogP contribution in [0.1, 0.15) is 35.8 Å². The van der Waals surface area contributed by atoms with E-state index in [4.69, 9.17) is 21.4 Å². The van der Waals surface area contributed by atoms with Gasteiger partial charge in [0.1, 0.15) is 5.69 Å². The van der Waals surface area contributed by atoms with Gasteiger partial charge in [0, 0.05) is 12.8 Å². The molecule has 2 fully saturated rings. The molecular formula is C12H14ClNO3. The fourth-order valence-corrected chi connectivity index (χ4v) is 2.87. The third kappa shape index (κ3) is 1.96. The van der Waals surface area contributed by atoms with Crippen LogP contribution in [0, 0.1) is 5.92 Å². The van der Waals surface area contributed by atoms with Gasteiger partial charge >= 0.3 is 5.97 Å². The molecule has 17 heavy (non-hydrogen) atoms. The van der Waals surface area contributed by atoms with Gasteiger partial charge in [-0.05, 0) is 31.2 Å². The predicted octanol–water partition coefficient (Wildman–Crippen LogP) is 2.58. The molecule has 1 aliphatic carbocycles. The van der Waals surface area contributed by atoms with Crippen molar-refractivity contribution in [2.24, 2.45) is 5.92 Å². The van der Waals surface area contributed by atoms with Gasteiger partial charge in [-0.1, -0.05) is 11.6 Å². The van der Waals surface area contributed by atoms with E-state index in [0.29, 0.717) is 17.5 Å². The Labute approximate surface area is 104 Å². The molecule has 0 amide bonds. The molecule has 2 aliphatic rings. The van der Waals surface area contributed by atoms with Crippen LogP contribution < -0.4 is 0 Å². The number of hydrogen-bond donors (Lipinski definition) is 1. The minimum absolute atomic E-state index is 0.126. The summed E-state index contributed by atoms with van der Waals surface area (Å²) in [7, 11) is 0. The van der Waals surface area contributed by atoms with Crippen LogP contribution >= 0.6 is 11.6 Å². The highest BCUT2D eigenvalue weighted by molar-refractivity contribution is 6.30. The van der Waals surface area contributed by atoms with Crippen molar-refractivity contribution in [2.45, 2.75) is 31.4 Å². The SMILES string of the molecule is O=C(O)c1cc(Cl)cn1C1CCOC1C1CC1. The second kappa shape index (κ2) is 4.03. The van der Waals surface area contributed by atoms with Gasteiger partial charge in [-0.25, -0.2) is 4.79 Å². The number of hydrogen-bond acceptors (Lipinski definition) is 2. The third-order valence-corrected chi connectivity index (χ3v) is 3.79. The second-order valence-corrected chi connectivity index (χ2v) is 5.22. The van der Waals surface area contributed by atoms with Crippen LogP contribution in [-0.2, 0) is 4.74 Å². The monoisotopic (exact) mass is 255 g/mol. The zero-order chi connectivity index (χ0) is 12.0. The highest BCUT2D eigenvalue weighted by Crippen LogP contribution is 2.44. The largest absolute Gasteiger partial charge is 0.477 e. The number of rotatable bonds is 3. The van der Waals surface area contributed by atoms with Gasteiger partial charge in [0.05, 0.1) is 17.2 Å². The lowest BCUT2D eigenvalue weighted by atomic mass is 10.1. The average molecular weight is 256 g/mol. The van der Waals surface area contributed by atoms with Crippen molar-refractivity contribution in [1.29, 1.82) is 0 Å². The molecule has 1 aromatic heterocycles. The van der Waals surface area contributed by atoms with Crippen molar-refractivity contribution in [3.05, 3.63) is 23.0 Å². The van der Waals surface area contributed by atoms with E-state index < -0.39 is 5.97 Å². The van der Waals surface area contributed by atoms with Crippen LogP contribution in [0.5, 0.6) is 0 Å². The highest BCUT2D eigenvalue weighted by Gasteiger charge is 2.42. The van der Waals surface area contributed by atoms with E-state index in [2.05, 4.69) is 0 Å². The van der Waals surface area contributed by atoms with E-state index in [1.54, 1.807) is 10.8 Å². The average Bonchev–Trinajstić information content (AvgIpc) is 2.87. The van der Waals surface area contributed by atoms with E-state index in [-0.39, 0.29) is 17.8 Å². The van der Waals surface area contributed by atoms with Crippen molar-refractivity contribution in [3.63, 3.8) is 0 Å². The molecule has 1 saturated heterocycles. The van der Waals surface area contributed by atoms with Gasteiger partial charge in [-0.15, -0.1) is 0 Å². The van der Waals surface area contributed by atoms with Gasteiger partial charge in [0.2, 0.25) is 0 Å². The minimum Gasteiger partial charge on any atom is -0.477 e. The van der Waals surface area contributed by atoms with Gasteiger partial charge in [0.25, 0.3) is 0 Å². The van der Waals surface area contributed by atoms with Crippen LogP contribution in [0.4, 0.5) is 0 Å². The fraction of sp³-hybridized carbons (Fsp3) is 0.583. The normalized spacial score (nSPS) is 28.5. The number of aromatic carboxylic acids is 1. The summed E-state index contributed by atoms with van der Waals surface area (Å²) in [6.45, 7) is 0.709. The number of aromatic nitrogens is 1. The fourth-order valence-electron chi connectivity index (χ4n) is 2.66. The number of nitrogens with zero attached hydrogens (tertiary/aromatic N) is 1. The Bertz CT molecular complexity index is 453. The number of carbonyl (C=O) groups is 1. The van der Waals surface area contributed by atoms with Gasteiger partial charge in [0.15, 0.2) is 0 Å². The standard InChI is InChI=1S/C12H14ClNO3/c13-8-5-10(12(15)16)14(6-8)9-3-4-17-11(9)7-1-2-7/h5-7,9,11H,1-4H2,(H,15,16). The molecule has 0 aromatic carbocycles. The van der Waals surface area contributed by atoms with Crippen LogP contribution in [0.2, 0.25) is 5.02 Å². The maximum atomic E-state index is 11.2. The quantitative estimate of drug-likeness (QED) is 0.903. The Morgan fingerprint density at radius 1 is 1.47 bits per heavy atom. The lowest BCUT2D eigenvalue weighted by molar-refractivity contribution is 0.0645. The summed E-state index contributed by atoms with van der Waals surface area (Å²) in [6, 6.07) is 1.63. The topological polar surface area (TPSA) is 51.5 Å². The molecule has 0 spiro atoms. The molecular weight excluding hydrogens is 242 g/mol. The Morgan fingerprint density at radius 2 is 2.24 bits per heavy atom. The van der Waals surface area contributed by atoms with E-state index in [9.17, 15) is 4.79 Å². The highest BCUT2D eigenvalue weighted by atomic mass is 35.5. The zero-order valence-corrected chi connectivity index (χ0v) is 10.1. The van der Waals surface area contributed by atoms with Gasteiger partial charge in [-0.2, -0.15) is 0 Å². The molecule has 1 aromatic rings. The number of ether oxygens (including phenoxy) is 1. The summed E-state index contributed by atoms with van der Waals surface area (Å²) in [5, 5.41) is 9.64. The molecule has 0 bridgehead atoms. The summed E-state index contributed by atoms with van der Waals surface area (Å²) in [5.41, 5.74) is 0.260. The number of carboxylic acid groups (broad SMARTS) is 1. The van der Waals surface area contributed by atoms with Crippen molar-refractivity contribution >= 4 is 17.6 Å². The molecule has 1 N–H and O–H groups in total. The molecule has 92 valence electrons. The molecule has 2 unspecified atom stereocenters. The lowest BCUT2D eigenvalue weighted by Gasteiger charge is -2.21. The van der Waals surface area contributed by atoms with Gasteiger partial charge in [-0.3, -0.25) is 0 Å². The first-order valence-electron chi connectivity index (χ1n) is 5.89. The number of halogens is 1. The first-order chi connectivity index (χ1) is 8.16. The Hall–Kier alpha value is -1.00. The minimum atomic E-state index is -0.932.